The second kappa shape index (κ2) is 6.53. The fraction of sp³-hybridized carbons (Fsp3) is 0.800. The van der Waals surface area contributed by atoms with E-state index in [1.54, 1.807) is 7.11 Å². The topological polar surface area (TPSA) is 47.3 Å². The van der Waals surface area contributed by atoms with E-state index in [4.69, 9.17) is 4.74 Å². The molecule has 2 rings (SSSR count). The van der Waals surface area contributed by atoms with E-state index in [9.17, 15) is 5.11 Å². The highest BCUT2D eigenvalue weighted by Crippen LogP contribution is 2.30. The lowest BCUT2D eigenvalue weighted by molar-refractivity contribution is -0.0541. The lowest BCUT2D eigenvalue weighted by Gasteiger charge is -2.32. The van der Waals surface area contributed by atoms with E-state index in [0.29, 0.717) is 12.3 Å². The smallest absolute Gasteiger partial charge is 0.0862 e. The number of aliphatic hydroxyl groups is 1. The first kappa shape index (κ1) is 14.5. The normalized spacial score (nSPS) is 20.4. The minimum absolute atomic E-state index is 0.0458. The molecule has 4 heteroatoms. The van der Waals surface area contributed by atoms with E-state index >= 15 is 0 Å². The van der Waals surface area contributed by atoms with Gasteiger partial charge in [0.25, 0.3) is 0 Å². The summed E-state index contributed by atoms with van der Waals surface area (Å²) in [6.07, 6.45) is 6.35. The average Bonchev–Trinajstić information content (AvgIpc) is 2.70. The van der Waals surface area contributed by atoms with Gasteiger partial charge in [-0.15, -0.1) is 0 Å². The monoisotopic (exact) mass is 266 g/mol. The third-order valence-electron chi connectivity index (χ3n) is 4.28. The van der Waals surface area contributed by atoms with Crippen LogP contribution >= 0.6 is 0 Å². The molecule has 0 bridgehead atoms. The number of hydrogen-bond acceptors (Lipinski definition) is 3. The van der Waals surface area contributed by atoms with Crippen molar-refractivity contribution in [2.24, 2.45) is 13.0 Å². The molecule has 1 aliphatic carbocycles. The number of aryl methyl sites for hydroxylation is 2. The maximum Gasteiger partial charge on any atom is 0.0862 e. The lowest BCUT2D eigenvalue weighted by atomic mass is 9.82. The SMILES string of the molecule is COC(C(O)Cc1cc(C)nn1C)C1CCCCC1. The molecule has 1 N–H and O–H groups in total. The molecule has 0 saturated heterocycles. The summed E-state index contributed by atoms with van der Waals surface area (Å²) in [7, 11) is 3.65. The second-order valence-electron chi connectivity index (χ2n) is 5.77. The molecule has 1 saturated carbocycles. The van der Waals surface area contributed by atoms with Crippen LogP contribution in [-0.2, 0) is 18.2 Å². The molecule has 2 atom stereocenters. The Balaban J connectivity index is 1.99. The summed E-state index contributed by atoms with van der Waals surface area (Å²) >= 11 is 0. The number of rotatable bonds is 5. The van der Waals surface area contributed by atoms with Crippen LogP contribution in [0.5, 0.6) is 0 Å². The number of hydrogen-bond donors (Lipinski definition) is 1. The molecule has 2 unspecified atom stereocenters. The second-order valence-corrected chi connectivity index (χ2v) is 5.77. The van der Waals surface area contributed by atoms with Crippen molar-refractivity contribution in [3.05, 3.63) is 17.5 Å². The Kier molecular flexibility index (Phi) is 4.99. The molecule has 1 heterocycles. The maximum atomic E-state index is 10.5. The fourth-order valence-electron chi connectivity index (χ4n) is 3.31. The molecule has 4 nitrogen and oxygen atoms in total. The van der Waals surface area contributed by atoms with Gasteiger partial charge in [0.2, 0.25) is 0 Å². The van der Waals surface area contributed by atoms with Crippen LogP contribution < -0.4 is 0 Å². The first-order chi connectivity index (χ1) is 9.11. The molecular weight excluding hydrogens is 240 g/mol. The van der Waals surface area contributed by atoms with Crippen molar-refractivity contribution in [1.29, 1.82) is 0 Å². The molecule has 19 heavy (non-hydrogen) atoms. The largest absolute Gasteiger partial charge is 0.390 e. The average molecular weight is 266 g/mol. The van der Waals surface area contributed by atoms with Gasteiger partial charge in [0, 0.05) is 26.3 Å². The van der Waals surface area contributed by atoms with Gasteiger partial charge in [0.15, 0.2) is 0 Å². The minimum Gasteiger partial charge on any atom is -0.390 e. The van der Waals surface area contributed by atoms with Crippen molar-refractivity contribution >= 4 is 0 Å². The Morgan fingerprint density at radius 2 is 2.11 bits per heavy atom. The van der Waals surface area contributed by atoms with Gasteiger partial charge in [0.1, 0.15) is 0 Å². The predicted octanol–water partition coefficient (Wildman–Crippen LogP) is 2.23. The lowest BCUT2D eigenvalue weighted by Crippen LogP contribution is -2.38. The van der Waals surface area contributed by atoms with E-state index < -0.39 is 6.10 Å². The highest BCUT2D eigenvalue weighted by molar-refractivity contribution is 5.10. The Morgan fingerprint density at radius 1 is 1.42 bits per heavy atom. The van der Waals surface area contributed by atoms with Gasteiger partial charge < -0.3 is 9.84 Å². The Hall–Kier alpha value is -0.870. The number of aromatic nitrogens is 2. The Bertz CT molecular complexity index is 397. The third-order valence-corrected chi connectivity index (χ3v) is 4.28. The third kappa shape index (κ3) is 3.57. The van der Waals surface area contributed by atoms with Crippen LogP contribution in [-0.4, -0.2) is 34.2 Å². The first-order valence-electron chi connectivity index (χ1n) is 7.32. The molecular formula is C15H26N2O2. The van der Waals surface area contributed by atoms with Crippen LogP contribution in [0.1, 0.15) is 43.5 Å². The van der Waals surface area contributed by atoms with Crippen LogP contribution in [0.15, 0.2) is 6.07 Å². The molecule has 0 radical (unpaired) electrons. The quantitative estimate of drug-likeness (QED) is 0.889. The number of methoxy groups -OCH3 is 1. The van der Waals surface area contributed by atoms with Crippen LogP contribution in [0.25, 0.3) is 0 Å². The van der Waals surface area contributed by atoms with Crippen molar-refractivity contribution in [2.75, 3.05) is 7.11 Å². The van der Waals surface area contributed by atoms with Crippen molar-refractivity contribution < 1.29 is 9.84 Å². The van der Waals surface area contributed by atoms with Crippen LogP contribution in [0, 0.1) is 12.8 Å². The van der Waals surface area contributed by atoms with Crippen LogP contribution in [0.2, 0.25) is 0 Å². The molecule has 0 aliphatic heterocycles. The molecule has 0 aromatic carbocycles. The van der Waals surface area contributed by atoms with Crippen LogP contribution in [0.4, 0.5) is 0 Å². The number of nitrogens with zero attached hydrogens (tertiary/aromatic N) is 2. The summed E-state index contributed by atoms with van der Waals surface area (Å²) in [6, 6.07) is 2.04. The van der Waals surface area contributed by atoms with Gasteiger partial charge in [-0.25, -0.2) is 0 Å². The Labute approximate surface area is 115 Å². The van der Waals surface area contributed by atoms with Gasteiger partial charge in [-0.3, -0.25) is 4.68 Å². The Morgan fingerprint density at radius 3 is 2.63 bits per heavy atom. The molecule has 1 aliphatic rings. The maximum absolute atomic E-state index is 10.5. The van der Waals surface area contributed by atoms with Gasteiger partial charge in [-0.05, 0) is 31.7 Å². The number of aliphatic hydroxyl groups excluding tert-OH is 1. The van der Waals surface area contributed by atoms with E-state index in [2.05, 4.69) is 5.10 Å². The van der Waals surface area contributed by atoms with E-state index in [1.165, 1.54) is 32.1 Å². The molecule has 108 valence electrons. The highest BCUT2D eigenvalue weighted by atomic mass is 16.5. The van der Waals surface area contributed by atoms with Crippen molar-refractivity contribution in [1.82, 2.24) is 9.78 Å². The highest BCUT2D eigenvalue weighted by Gasteiger charge is 2.30. The molecule has 1 fully saturated rings. The summed E-state index contributed by atoms with van der Waals surface area (Å²) in [5.74, 6) is 0.503. The molecule has 1 aromatic rings. The van der Waals surface area contributed by atoms with Gasteiger partial charge >= 0.3 is 0 Å². The molecule has 1 aromatic heterocycles. The van der Waals surface area contributed by atoms with E-state index in [0.717, 1.165) is 11.4 Å². The number of ether oxygens (including phenoxy) is 1. The molecule has 0 spiro atoms. The van der Waals surface area contributed by atoms with Crippen molar-refractivity contribution in [3.63, 3.8) is 0 Å². The van der Waals surface area contributed by atoms with Crippen LogP contribution in [0.3, 0.4) is 0 Å². The van der Waals surface area contributed by atoms with Gasteiger partial charge in [-0.2, -0.15) is 5.10 Å². The zero-order valence-electron chi connectivity index (χ0n) is 12.3. The van der Waals surface area contributed by atoms with Gasteiger partial charge in [0.05, 0.1) is 17.9 Å². The summed E-state index contributed by atoms with van der Waals surface area (Å²) in [5.41, 5.74) is 2.07. The minimum atomic E-state index is -0.442. The molecule has 0 amide bonds. The zero-order chi connectivity index (χ0) is 13.8. The van der Waals surface area contributed by atoms with Gasteiger partial charge in [-0.1, -0.05) is 19.3 Å². The standard InChI is InChI=1S/C15H26N2O2/c1-11-9-13(17(2)16-11)10-14(18)15(19-3)12-7-5-4-6-8-12/h9,12,14-15,18H,4-8,10H2,1-3H3. The predicted molar refractivity (Wildman–Crippen MR) is 75.0 cm³/mol. The summed E-state index contributed by atoms with van der Waals surface area (Å²) < 4.78 is 7.44. The summed E-state index contributed by atoms with van der Waals surface area (Å²) in [4.78, 5) is 0. The summed E-state index contributed by atoms with van der Waals surface area (Å²) in [5, 5.41) is 14.8. The van der Waals surface area contributed by atoms with E-state index in [-0.39, 0.29) is 6.10 Å². The van der Waals surface area contributed by atoms with Crippen molar-refractivity contribution in [2.45, 2.75) is 57.7 Å². The zero-order valence-corrected chi connectivity index (χ0v) is 12.3. The van der Waals surface area contributed by atoms with Crippen molar-refractivity contribution in [3.8, 4) is 0 Å². The van der Waals surface area contributed by atoms with E-state index in [1.807, 2.05) is 24.7 Å². The first-order valence-corrected chi connectivity index (χ1v) is 7.32. The fourth-order valence-corrected chi connectivity index (χ4v) is 3.31. The summed E-state index contributed by atoms with van der Waals surface area (Å²) in [6.45, 7) is 1.98.